The number of nitrogens with zero attached hydrogens (tertiary/aromatic N) is 2. The van der Waals surface area contributed by atoms with Crippen molar-refractivity contribution >= 4 is 5.69 Å². The van der Waals surface area contributed by atoms with Crippen molar-refractivity contribution in [3.05, 3.63) is 301 Å². The minimum atomic E-state index is -1.45. The van der Waals surface area contributed by atoms with Crippen LogP contribution in [-0.2, 0) is 15.7 Å². The molecule has 8 bridgehead atoms. The lowest BCUT2D eigenvalue weighted by Gasteiger charge is -2.21. The fourth-order valence-corrected chi connectivity index (χ4v) is 8.41. The first-order valence-corrected chi connectivity index (χ1v) is 19.9. The zero-order valence-corrected chi connectivity index (χ0v) is 32.5. The number of non-ortho nitro benzene ring substituents is 1. The average molecular weight is 797 g/mol. The largest absolute Gasteiger partial charge is 0.348 e. The third-order valence-corrected chi connectivity index (χ3v) is 11.3. The molecule has 11 rings (SSSR count). The van der Waals surface area contributed by atoms with Crippen LogP contribution in [0.5, 0.6) is 0 Å². The van der Waals surface area contributed by atoms with Gasteiger partial charge in [0.15, 0.2) is 0 Å². The van der Waals surface area contributed by atoms with Gasteiger partial charge in [-0.15, -0.1) is 0 Å². The number of hydrogen-bond donors (Lipinski definition) is 4. The number of benzene rings is 5. The van der Waals surface area contributed by atoms with Gasteiger partial charge >= 0.3 is 5.91 Å². The zero-order chi connectivity index (χ0) is 40.9. The number of nitro benzene ring substituents is 1. The van der Waals surface area contributed by atoms with Crippen LogP contribution in [0.2, 0.25) is 0 Å². The molecule has 0 spiro atoms. The van der Waals surface area contributed by atoms with Crippen LogP contribution in [0.15, 0.2) is 194 Å². The van der Waals surface area contributed by atoms with Gasteiger partial charge in [0.2, 0.25) is 0 Å². The van der Waals surface area contributed by atoms with Crippen LogP contribution in [0, 0.1) is 33.8 Å². The van der Waals surface area contributed by atoms with Gasteiger partial charge in [-0.2, -0.15) is 9.78 Å². The van der Waals surface area contributed by atoms with Gasteiger partial charge in [-0.05, 0) is 84.9 Å². The lowest BCUT2D eigenvalue weighted by atomic mass is 9.92. The number of aromatic amines is 3. The van der Waals surface area contributed by atoms with Crippen molar-refractivity contribution in [1.82, 2.24) is 19.6 Å². The van der Waals surface area contributed by atoms with Gasteiger partial charge in [-0.25, -0.2) is 4.68 Å². The fraction of sp³-hybridized carbons (Fsp3) is 0.0196. The maximum Gasteiger partial charge on any atom is 0.348 e. The van der Waals surface area contributed by atoms with Crippen LogP contribution >= 0.6 is 0 Å². The molecule has 4 aromatic heterocycles. The van der Waals surface area contributed by atoms with Crippen LogP contribution in [0.25, 0.3) is 0 Å². The summed E-state index contributed by atoms with van der Waals surface area (Å²) in [6.45, 7) is 0. The van der Waals surface area contributed by atoms with Crippen molar-refractivity contribution in [3.8, 4) is 0 Å². The van der Waals surface area contributed by atoms with Gasteiger partial charge in [0.1, 0.15) is 69.2 Å². The molecule has 0 saturated carbocycles. The minimum absolute atomic E-state index is 0.0342. The molecule has 5 aromatic carbocycles. The zero-order valence-electron chi connectivity index (χ0n) is 32.5. The molecule has 6 heterocycles. The summed E-state index contributed by atoms with van der Waals surface area (Å²) in [6, 6.07) is 64.5. The van der Waals surface area contributed by atoms with Gasteiger partial charge in [0.25, 0.3) is 5.69 Å². The predicted molar refractivity (Wildman–Crippen MR) is 231 cm³/mol. The minimum Gasteiger partial charge on any atom is -0.327 e. The fourth-order valence-electron chi connectivity index (χ4n) is 8.41. The lowest BCUT2D eigenvalue weighted by Crippen LogP contribution is -2.33. The molecule has 61 heavy (non-hydrogen) atoms. The second-order valence-electron chi connectivity index (χ2n) is 15.0. The highest BCUT2D eigenvalue weighted by molar-refractivity contribution is 5.64. The molecule has 10 nitrogen and oxygen atoms in total. The van der Waals surface area contributed by atoms with Crippen LogP contribution in [0.1, 0.15) is 73.4 Å². The molecular formula is C51H36N6O4+4. The monoisotopic (exact) mass is 796 g/mol. The Hall–Kier alpha value is -8.18. The van der Waals surface area contributed by atoms with E-state index in [2.05, 4.69) is 142 Å². The topological polar surface area (TPSA) is 133 Å². The van der Waals surface area contributed by atoms with E-state index in [-0.39, 0.29) is 5.69 Å². The summed E-state index contributed by atoms with van der Waals surface area (Å²) >= 11 is 0. The van der Waals surface area contributed by atoms with E-state index in [0.29, 0.717) is 5.56 Å². The Bertz CT molecular complexity index is 2790. The van der Waals surface area contributed by atoms with E-state index >= 15 is 0 Å². The number of hydrogen-bond acceptors (Lipinski definition) is 5. The molecule has 290 valence electrons. The summed E-state index contributed by atoms with van der Waals surface area (Å²) in [5, 5.41) is 11.6. The highest BCUT2D eigenvalue weighted by Crippen LogP contribution is 2.44. The van der Waals surface area contributed by atoms with Crippen LogP contribution < -0.4 is 5.43 Å². The van der Waals surface area contributed by atoms with E-state index < -0.39 is 10.8 Å². The third kappa shape index (κ3) is 6.39. The normalized spacial score (nSPS) is 14.2. The highest BCUT2D eigenvalue weighted by atomic mass is 17.4. The van der Waals surface area contributed by atoms with Crippen molar-refractivity contribution in [2.75, 3.05) is 5.43 Å². The first-order chi connectivity index (χ1) is 30.0. The molecule has 10 heteroatoms. The quantitative estimate of drug-likeness (QED) is 0.0400. The maximum absolute atomic E-state index is 11.6. The number of nitro groups is 1. The number of nitrogens with one attached hydrogen (secondary N) is 4. The van der Waals surface area contributed by atoms with Gasteiger partial charge < -0.3 is 15.0 Å². The van der Waals surface area contributed by atoms with Crippen LogP contribution in [0.3, 0.4) is 0 Å². The average Bonchev–Trinajstić information content (AvgIpc) is 3.77. The number of H-pyrrole nitrogens is 3. The summed E-state index contributed by atoms with van der Waals surface area (Å²) in [4.78, 5) is 34.4. The number of aromatic nitrogens is 4. The smallest absolute Gasteiger partial charge is 0.327 e. The molecule has 0 unspecified atom stereocenters. The summed E-state index contributed by atoms with van der Waals surface area (Å²) in [7, 11) is 0. The molecule has 9 aromatic rings. The van der Waals surface area contributed by atoms with Gasteiger partial charge in [0.05, 0.1) is 75.7 Å². The van der Waals surface area contributed by atoms with E-state index in [0.717, 1.165) is 91.5 Å². The Morgan fingerprint density at radius 1 is 0.443 bits per heavy atom. The van der Waals surface area contributed by atoms with E-state index in [4.69, 9.17) is 9.78 Å². The first kappa shape index (κ1) is 35.9. The lowest BCUT2D eigenvalue weighted by molar-refractivity contribution is -0.384. The van der Waals surface area contributed by atoms with Crippen LogP contribution in [0.4, 0.5) is 5.69 Å². The number of fused-ring (bicyclic) bond motifs is 8. The molecule has 0 aliphatic carbocycles. The predicted octanol–water partition coefficient (Wildman–Crippen LogP) is 10.1. The van der Waals surface area contributed by atoms with Crippen molar-refractivity contribution in [3.63, 3.8) is 0 Å². The molecular weight excluding hydrogens is 761 g/mol. The highest BCUT2D eigenvalue weighted by Gasteiger charge is 2.54. The van der Waals surface area contributed by atoms with Crippen LogP contribution in [-0.4, -0.2) is 24.6 Å². The molecule has 1 saturated heterocycles. The SMILES string of the molecule is O=[N+]([O-])c1ccc(C2(Nn3c4ccc3[C+](c3ccccc3)c3ccc([nH]3)[C+](c3ccccc3)c3ccc([nH]3)[C+](c3ccccc3)c3ccc([nH]3)[C+]4c3ccccc3)OO2)cc1. The number of rotatable bonds is 8. The van der Waals surface area contributed by atoms with Gasteiger partial charge in [-0.3, -0.25) is 15.5 Å². The van der Waals surface area contributed by atoms with E-state index in [9.17, 15) is 10.1 Å². The molecule has 0 atom stereocenters. The van der Waals surface area contributed by atoms with Crippen molar-refractivity contribution in [2.45, 2.75) is 5.91 Å². The summed E-state index contributed by atoms with van der Waals surface area (Å²) in [5.41, 5.74) is 15.3. The van der Waals surface area contributed by atoms with E-state index in [1.165, 1.54) is 12.1 Å². The maximum atomic E-state index is 11.6. The summed E-state index contributed by atoms with van der Waals surface area (Å²) in [5.74, 6) is 2.41. The molecule has 2 aliphatic rings. The van der Waals surface area contributed by atoms with Gasteiger partial charge in [-0.1, -0.05) is 0 Å². The Morgan fingerprint density at radius 3 is 1.10 bits per heavy atom. The first-order valence-electron chi connectivity index (χ1n) is 19.9. The van der Waals surface area contributed by atoms with Crippen molar-refractivity contribution in [1.29, 1.82) is 0 Å². The molecule has 0 radical (unpaired) electrons. The molecule has 2 aliphatic heterocycles. The third-order valence-electron chi connectivity index (χ3n) is 11.3. The Kier molecular flexibility index (Phi) is 8.59. The second kappa shape index (κ2) is 14.6. The Balaban J connectivity index is 1.17. The second-order valence-corrected chi connectivity index (χ2v) is 15.0. The van der Waals surface area contributed by atoms with Gasteiger partial charge in [0, 0.05) is 66.2 Å². The summed E-state index contributed by atoms with van der Waals surface area (Å²) in [6.07, 6.45) is 0. The van der Waals surface area contributed by atoms with Crippen molar-refractivity contribution in [2.24, 2.45) is 0 Å². The van der Waals surface area contributed by atoms with E-state index in [1.807, 2.05) is 53.2 Å². The van der Waals surface area contributed by atoms with Crippen molar-refractivity contribution < 1.29 is 14.7 Å². The molecule has 1 fully saturated rings. The Morgan fingerprint density at radius 2 is 0.770 bits per heavy atom. The summed E-state index contributed by atoms with van der Waals surface area (Å²) < 4.78 is 2.01. The molecule has 4 N–H and O–H groups in total. The Labute approximate surface area is 351 Å². The molecule has 0 amide bonds. The standard InChI is InChI=1S/C51H36N6O4/c58-57(59)38-23-21-37(22-24-38)51(60-61-51)55-56-45-31-32-46(56)50(36-19-11-4-12-20-36)44-30-28-42(54-44)48(34-15-7-2-8-16-34)40-26-25-39(52-40)47(33-13-5-1-6-14-33)41-27-29-43(53-41)49(45)35-17-9-3-10-18-35/h1-32,52-55H/q+4. The van der Waals surface area contributed by atoms with E-state index in [1.54, 1.807) is 12.1 Å².